The molecule has 0 spiro atoms. The molecule has 1 N–H and O–H groups in total. The van der Waals surface area contributed by atoms with Gasteiger partial charge in [-0.1, -0.05) is 23.9 Å². The molecule has 0 aliphatic rings. The summed E-state index contributed by atoms with van der Waals surface area (Å²) >= 11 is 1.46. The third-order valence-electron chi connectivity index (χ3n) is 2.69. The summed E-state index contributed by atoms with van der Waals surface area (Å²) in [4.78, 5) is 7.38. The molecule has 2 aromatic carbocycles. The van der Waals surface area contributed by atoms with Gasteiger partial charge in [-0.05, 0) is 35.9 Å². The molecule has 0 saturated carbocycles. The molecular weight excluding hydrogens is 266 g/mol. The van der Waals surface area contributed by atoms with Gasteiger partial charge in [0.25, 0.3) is 0 Å². The minimum absolute atomic E-state index is 0.246. The highest BCUT2D eigenvalue weighted by Crippen LogP contribution is 2.23. The van der Waals surface area contributed by atoms with Crippen molar-refractivity contribution in [1.82, 2.24) is 9.97 Å². The number of H-pyrrole nitrogens is 1. The summed E-state index contributed by atoms with van der Waals surface area (Å²) in [5.74, 6) is 0.0719. The van der Waals surface area contributed by atoms with Crippen molar-refractivity contribution in [2.75, 3.05) is 0 Å². The Morgan fingerprint density at radius 2 is 1.89 bits per heavy atom. The molecule has 1 heterocycles. The molecule has 0 aliphatic heterocycles. The number of aromatic amines is 1. The average molecular weight is 276 g/mol. The smallest absolute Gasteiger partial charge is 0.166 e. The van der Waals surface area contributed by atoms with Crippen LogP contribution < -0.4 is 0 Å². The van der Waals surface area contributed by atoms with Crippen LogP contribution in [-0.2, 0) is 5.75 Å². The Labute approximate surface area is 112 Å². The lowest BCUT2D eigenvalue weighted by atomic mass is 10.2. The molecule has 0 fully saturated rings. The van der Waals surface area contributed by atoms with Gasteiger partial charge in [0.1, 0.15) is 11.6 Å². The largest absolute Gasteiger partial charge is 0.333 e. The van der Waals surface area contributed by atoms with Gasteiger partial charge in [-0.2, -0.15) is 0 Å². The van der Waals surface area contributed by atoms with Crippen molar-refractivity contribution in [3.8, 4) is 0 Å². The van der Waals surface area contributed by atoms with Crippen LogP contribution >= 0.6 is 11.8 Å². The lowest BCUT2D eigenvalue weighted by Crippen LogP contribution is -1.83. The highest BCUT2D eigenvalue weighted by atomic mass is 32.2. The molecule has 0 atom stereocenters. The van der Waals surface area contributed by atoms with E-state index in [-0.39, 0.29) is 11.6 Å². The fraction of sp³-hybridized carbons (Fsp3) is 0.0714. The first-order valence-electron chi connectivity index (χ1n) is 5.73. The van der Waals surface area contributed by atoms with Crippen molar-refractivity contribution in [2.24, 2.45) is 0 Å². The Morgan fingerprint density at radius 3 is 2.74 bits per heavy atom. The summed E-state index contributed by atoms with van der Waals surface area (Å²) < 4.78 is 26.1. The summed E-state index contributed by atoms with van der Waals surface area (Å²) in [6.45, 7) is 0. The Morgan fingerprint density at radius 1 is 1.05 bits per heavy atom. The number of thioether (sulfide) groups is 1. The normalized spacial score (nSPS) is 11.1. The van der Waals surface area contributed by atoms with Crippen molar-refractivity contribution < 1.29 is 8.78 Å². The van der Waals surface area contributed by atoms with Crippen LogP contribution in [0.4, 0.5) is 8.78 Å². The molecular formula is C14H10F2N2S. The number of nitrogens with one attached hydrogen (secondary N) is 1. The van der Waals surface area contributed by atoms with Gasteiger partial charge in [-0.15, -0.1) is 0 Å². The molecule has 19 heavy (non-hydrogen) atoms. The lowest BCUT2D eigenvalue weighted by molar-refractivity contribution is 0.626. The van der Waals surface area contributed by atoms with Crippen molar-refractivity contribution in [3.05, 3.63) is 59.7 Å². The molecule has 3 aromatic rings. The fourth-order valence-electron chi connectivity index (χ4n) is 1.81. The van der Waals surface area contributed by atoms with Gasteiger partial charge in [0.15, 0.2) is 5.16 Å². The number of hydrogen-bond donors (Lipinski definition) is 1. The van der Waals surface area contributed by atoms with Gasteiger partial charge < -0.3 is 4.98 Å². The summed E-state index contributed by atoms with van der Waals surface area (Å²) in [6.07, 6.45) is 0. The van der Waals surface area contributed by atoms with Gasteiger partial charge in [0.05, 0.1) is 11.0 Å². The molecule has 0 bridgehead atoms. The maximum Gasteiger partial charge on any atom is 0.166 e. The summed E-state index contributed by atoms with van der Waals surface area (Å²) in [5.41, 5.74) is 2.28. The average Bonchev–Trinajstić information content (AvgIpc) is 2.78. The van der Waals surface area contributed by atoms with Crippen molar-refractivity contribution in [3.63, 3.8) is 0 Å². The third-order valence-corrected chi connectivity index (χ3v) is 3.63. The van der Waals surface area contributed by atoms with E-state index in [9.17, 15) is 8.78 Å². The standard InChI is InChI=1S/C14H10F2N2S/c15-10-3-1-2-9(6-10)8-19-14-17-12-5-4-11(16)7-13(12)18-14/h1-7H,8H2,(H,17,18). The van der Waals surface area contributed by atoms with Crippen LogP contribution in [0.2, 0.25) is 0 Å². The van der Waals surface area contributed by atoms with Gasteiger partial charge >= 0.3 is 0 Å². The van der Waals surface area contributed by atoms with E-state index in [1.807, 2.05) is 6.07 Å². The van der Waals surface area contributed by atoms with Crippen LogP contribution in [0.15, 0.2) is 47.6 Å². The van der Waals surface area contributed by atoms with E-state index in [2.05, 4.69) is 9.97 Å². The van der Waals surface area contributed by atoms with E-state index in [1.54, 1.807) is 12.1 Å². The van der Waals surface area contributed by atoms with Crippen molar-refractivity contribution >= 4 is 22.8 Å². The van der Waals surface area contributed by atoms with Gasteiger partial charge in [-0.25, -0.2) is 13.8 Å². The molecule has 0 saturated heterocycles. The Hall–Kier alpha value is -1.88. The van der Waals surface area contributed by atoms with Crippen molar-refractivity contribution in [1.29, 1.82) is 0 Å². The van der Waals surface area contributed by atoms with Crippen LogP contribution in [0.25, 0.3) is 11.0 Å². The predicted octanol–water partition coefficient (Wildman–Crippen LogP) is 4.13. The Balaban J connectivity index is 1.78. The first kappa shape index (κ1) is 12.2. The third kappa shape index (κ3) is 2.76. The van der Waals surface area contributed by atoms with Crippen LogP contribution in [0.3, 0.4) is 0 Å². The second-order valence-electron chi connectivity index (χ2n) is 4.12. The highest BCUT2D eigenvalue weighted by molar-refractivity contribution is 7.98. The number of nitrogens with zero attached hydrogens (tertiary/aromatic N) is 1. The second-order valence-corrected chi connectivity index (χ2v) is 5.09. The summed E-state index contributed by atoms with van der Waals surface area (Å²) in [7, 11) is 0. The second kappa shape index (κ2) is 5.01. The quantitative estimate of drug-likeness (QED) is 0.728. The lowest BCUT2D eigenvalue weighted by Gasteiger charge is -1.98. The Kier molecular flexibility index (Phi) is 3.21. The summed E-state index contributed by atoms with van der Waals surface area (Å²) in [5, 5.41) is 0.699. The molecule has 0 aliphatic carbocycles. The highest BCUT2D eigenvalue weighted by Gasteiger charge is 2.05. The maximum absolute atomic E-state index is 13.0. The molecule has 5 heteroatoms. The monoisotopic (exact) mass is 276 g/mol. The first-order chi connectivity index (χ1) is 9.20. The van der Waals surface area contributed by atoms with E-state index in [0.29, 0.717) is 16.4 Å². The van der Waals surface area contributed by atoms with Gasteiger partial charge in [-0.3, -0.25) is 0 Å². The number of halogens is 2. The number of aromatic nitrogens is 2. The molecule has 2 nitrogen and oxygen atoms in total. The van der Waals surface area contributed by atoms with Crippen LogP contribution in [-0.4, -0.2) is 9.97 Å². The van der Waals surface area contributed by atoms with E-state index in [0.717, 1.165) is 11.1 Å². The number of fused-ring (bicyclic) bond motifs is 1. The Bertz CT molecular complexity index is 724. The van der Waals surface area contributed by atoms with Crippen LogP contribution in [0, 0.1) is 11.6 Å². The number of rotatable bonds is 3. The van der Waals surface area contributed by atoms with Crippen LogP contribution in [0.5, 0.6) is 0 Å². The zero-order valence-electron chi connectivity index (χ0n) is 9.86. The van der Waals surface area contributed by atoms with E-state index in [4.69, 9.17) is 0 Å². The predicted molar refractivity (Wildman–Crippen MR) is 72.0 cm³/mol. The summed E-state index contributed by atoms with van der Waals surface area (Å²) in [6, 6.07) is 10.9. The minimum atomic E-state index is -0.294. The van der Waals surface area contributed by atoms with E-state index in [1.165, 1.54) is 36.0 Å². The molecule has 0 unspecified atom stereocenters. The molecule has 3 rings (SSSR count). The van der Waals surface area contributed by atoms with Crippen LogP contribution in [0.1, 0.15) is 5.56 Å². The van der Waals surface area contributed by atoms with Gasteiger partial charge in [0, 0.05) is 5.75 Å². The molecule has 96 valence electrons. The van der Waals surface area contributed by atoms with Gasteiger partial charge in [0.2, 0.25) is 0 Å². The minimum Gasteiger partial charge on any atom is -0.333 e. The molecule has 0 radical (unpaired) electrons. The zero-order valence-corrected chi connectivity index (χ0v) is 10.7. The number of imidazole rings is 1. The van der Waals surface area contributed by atoms with Crippen molar-refractivity contribution in [2.45, 2.75) is 10.9 Å². The topological polar surface area (TPSA) is 28.7 Å². The van der Waals surface area contributed by atoms with E-state index >= 15 is 0 Å². The van der Waals surface area contributed by atoms with E-state index < -0.39 is 0 Å². The maximum atomic E-state index is 13.0. The SMILES string of the molecule is Fc1cccc(CSc2nc3ccc(F)cc3[nH]2)c1. The fourth-order valence-corrected chi connectivity index (χ4v) is 2.63. The molecule has 0 amide bonds. The first-order valence-corrected chi connectivity index (χ1v) is 6.72. The molecule has 1 aromatic heterocycles. The number of hydrogen-bond acceptors (Lipinski definition) is 2. The zero-order chi connectivity index (χ0) is 13.2. The number of benzene rings is 2.